The highest BCUT2D eigenvalue weighted by Crippen LogP contribution is 2.32. The summed E-state index contributed by atoms with van der Waals surface area (Å²) >= 11 is 3.49. The summed E-state index contributed by atoms with van der Waals surface area (Å²) in [7, 11) is 0. The van der Waals surface area contributed by atoms with Crippen LogP contribution in [0.4, 0.5) is 11.8 Å². The molecule has 2 aromatic rings. The molecule has 0 spiro atoms. The molecule has 0 unspecified atom stereocenters. The van der Waals surface area contributed by atoms with Crippen LogP contribution in [-0.2, 0) is 0 Å². The van der Waals surface area contributed by atoms with Gasteiger partial charge in [-0.25, -0.2) is 4.98 Å². The van der Waals surface area contributed by atoms with Gasteiger partial charge in [-0.15, -0.1) is 0 Å². The normalized spacial score (nSPS) is 10.6. The zero-order valence-corrected chi connectivity index (χ0v) is 11.7. The number of unbranched alkanes of at least 4 members (excludes halogenated alkanes) is 1. The van der Waals surface area contributed by atoms with E-state index in [0.29, 0.717) is 17.3 Å². The lowest BCUT2D eigenvalue weighted by Gasteiger charge is -2.10. The maximum Gasteiger partial charge on any atom is 0.222 e. The van der Waals surface area contributed by atoms with Crippen LogP contribution >= 0.6 is 15.9 Å². The van der Waals surface area contributed by atoms with Crippen molar-refractivity contribution in [1.82, 2.24) is 9.97 Å². The number of hydrogen-bond acceptors (Lipinski definition) is 5. The van der Waals surface area contributed by atoms with Crippen LogP contribution < -0.4 is 11.1 Å². The quantitative estimate of drug-likeness (QED) is 0.829. The van der Waals surface area contributed by atoms with E-state index in [1.807, 2.05) is 12.1 Å². The zero-order chi connectivity index (χ0) is 13.0. The van der Waals surface area contributed by atoms with E-state index < -0.39 is 0 Å². The summed E-state index contributed by atoms with van der Waals surface area (Å²) in [6, 6.07) is 3.65. The Morgan fingerprint density at radius 1 is 1.44 bits per heavy atom. The van der Waals surface area contributed by atoms with E-state index in [-0.39, 0.29) is 5.95 Å². The van der Waals surface area contributed by atoms with Gasteiger partial charge in [0.2, 0.25) is 5.95 Å². The summed E-state index contributed by atoms with van der Waals surface area (Å²) < 4.78 is 6.10. The predicted molar refractivity (Wildman–Crippen MR) is 75.2 cm³/mol. The number of halogens is 1. The first-order valence-corrected chi connectivity index (χ1v) is 6.62. The molecule has 0 aliphatic carbocycles. The van der Waals surface area contributed by atoms with Gasteiger partial charge in [0.1, 0.15) is 11.5 Å². The number of nitrogens with one attached hydrogen (secondary N) is 1. The van der Waals surface area contributed by atoms with Crippen LogP contribution in [0.2, 0.25) is 0 Å². The van der Waals surface area contributed by atoms with Gasteiger partial charge < -0.3 is 15.5 Å². The molecular weight excluding hydrogens is 296 g/mol. The Morgan fingerprint density at radius 2 is 2.28 bits per heavy atom. The molecule has 3 N–H and O–H groups in total. The standard InChI is InChI=1S/C12H15BrN4O/c1-2-3-6-15-11-9(13)10(16-12(14)17-11)8-5-4-7-18-8/h4-5,7H,2-3,6H2,1H3,(H3,14,15,16,17). The zero-order valence-electron chi connectivity index (χ0n) is 10.1. The van der Waals surface area contributed by atoms with Crippen molar-refractivity contribution in [2.45, 2.75) is 19.8 Å². The first kappa shape index (κ1) is 12.9. The Bertz CT molecular complexity index is 513. The van der Waals surface area contributed by atoms with Crippen LogP contribution in [0.3, 0.4) is 0 Å². The summed E-state index contributed by atoms with van der Waals surface area (Å²) in [6.45, 7) is 2.99. The van der Waals surface area contributed by atoms with E-state index in [4.69, 9.17) is 10.2 Å². The van der Waals surface area contributed by atoms with Crippen molar-refractivity contribution >= 4 is 27.7 Å². The summed E-state index contributed by atoms with van der Waals surface area (Å²) in [5, 5.41) is 3.24. The van der Waals surface area contributed by atoms with Crippen LogP contribution in [0, 0.1) is 0 Å². The van der Waals surface area contributed by atoms with Crippen molar-refractivity contribution in [3.63, 3.8) is 0 Å². The predicted octanol–water partition coefficient (Wildman–Crippen LogP) is 3.29. The number of hydrogen-bond donors (Lipinski definition) is 2. The molecule has 0 bridgehead atoms. The second kappa shape index (κ2) is 5.86. The molecule has 0 radical (unpaired) electrons. The minimum atomic E-state index is 0.226. The van der Waals surface area contributed by atoms with E-state index in [9.17, 15) is 0 Å². The van der Waals surface area contributed by atoms with Crippen molar-refractivity contribution in [3.05, 3.63) is 22.9 Å². The van der Waals surface area contributed by atoms with Gasteiger partial charge in [0, 0.05) is 6.54 Å². The number of nitrogens with two attached hydrogens (primary N) is 1. The number of anilines is 2. The van der Waals surface area contributed by atoms with Crippen LogP contribution in [0.1, 0.15) is 19.8 Å². The second-order valence-electron chi connectivity index (χ2n) is 3.85. The fourth-order valence-electron chi connectivity index (χ4n) is 1.54. The molecule has 0 aliphatic heterocycles. The lowest BCUT2D eigenvalue weighted by Crippen LogP contribution is -2.07. The van der Waals surface area contributed by atoms with Gasteiger partial charge in [-0.1, -0.05) is 13.3 Å². The minimum Gasteiger partial charge on any atom is -0.463 e. The van der Waals surface area contributed by atoms with Gasteiger partial charge in [-0.2, -0.15) is 4.98 Å². The Kier molecular flexibility index (Phi) is 4.19. The Morgan fingerprint density at radius 3 is 2.94 bits per heavy atom. The SMILES string of the molecule is CCCCNc1nc(N)nc(-c2ccco2)c1Br. The van der Waals surface area contributed by atoms with Gasteiger partial charge in [-0.3, -0.25) is 0 Å². The van der Waals surface area contributed by atoms with Gasteiger partial charge >= 0.3 is 0 Å². The van der Waals surface area contributed by atoms with Crippen molar-refractivity contribution < 1.29 is 4.42 Å². The van der Waals surface area contributed by atoms with Crippen LogP contribution in [0.5, 0.6) is 0 Å². The van der Waals surface area contributed by atoms with Crippen molar-refractivity contribution in [2.75, 3.05) is 17.6 Å². The second-order valence-corrected chi connectivity index (χ2v) is 4.64. The van der Waals surface area contributed by atoms with Gasteiger partial charge in [-0.05, 0) is 34.5 Å². The summed E-state index contributed by atoms with van der Waals surface area (Å²) in [6.07, 6.45) is 3.80. The van der Waals surface area contributed by atoms with E-state index in [0.717, 1.165) is 23.9 Å². The molecule has 6 heteroatoms. The monoisotopic (exact) mass is 310 g/mol. The lowest BCUT2D eigenvalue weighted by atomic mass is 10.3. The Labute approximate surface area is 114 Å². The van der Waals surface area contributed by atoms with E-state index in [1.54, 1.807) is 6.26 Å². The molecule has 2 heterocycles. The minimum absolute atomic E-state index is 0.226. The third kappa shape index (κ3) is 2.81. The lowest BCUT2D eigenvalue weighted by molar-refractivity contribution is 0.579. The molecular formula is C12H15BrN4O. The van der Waals surface area contributed by atoms with E-state index in [2.05, 4.69) is 38.1 Å². The summed E-state index contributed by atoms with van der Waals surface area (Å²) in [5.41, 5.74) is 6.37. The van der Waals surface area contributed by atoms with E-state index in [1.165, 1.54) is 0 Å². The third-order valence-corrected chi connectivity index (χ3v) is 3.20. The molecule has 0 aliphatic rings. The van der Waals surface area contributed by atoms with Crippen molar-refractivity contribution in [3.8, 4) is 11.5 Å². The van der Waals surface area contributed by atoms with Crippen molar-refractivity contribution in [1.29, 1.82) is 0 Å². The highest BCUT2D eigenvalue weighted by atomic mass is 79.9. The summed E-state index contributed by atoms with van der Waals surface area (Å²) in [5.74, 6) is 1.58. The molecule has 0 atom stereocenters. The average molecular weight is 311 g/mol. The van der Waals surface area contributed by atoms with Crippen LogP contribution in [0.15, 0.2) is 27.3 Å². The summed E-state index contributed by atoms with van der Waals surface area (Å²) in [4.78, 5) is 8.37. The molecule has 5 nitrogen and oxygen atoms in total. The topological polar surface area (TPSA) is 77.0 Å². The first-order chi connectivity index (χ1) is 8.72. The van der Waals surface area contributed by atoms with Crippen LogP contribution in [-0.4, -0.2) is 16.5 Å². The molecule has 96 valence electrons. The largest absolute Gasteiger partial charge is 0.463 e. The molecule has 0 aromatic carbocycles. The highest BCUT2D eigenvalue weighted by Gasteiger charge is 2.14. The van der Waals surface area contributed by atoms with Crippen molar-refractivity contribution in [2.24, 2.45) is 0 Å². The number of nitrogen functional groups attached to an aromatic ring is 1. The fraction of sp³-hybridized carbons (Fsp3) is 0.333. The molecule has 0 fully saturated rings. The van der Waals surface area contributed by atoms with Gasteiger partial charge in [0.25, 0.3) is 0 Å². The number of nitrogens with zero attached hydrogens (tertiary/aromatic N) is 2. The van der Waals surface area contributed by atoms with Crippen LogP contribution in [0.25, 0.3) is 11.5 Å². The molecule has 0 saturated heterocycles. The maximum absolute atomic E-state index is 5.71. The molecule has 0 saturated carbocycles. The third-order valence-electron chi connectivity index (χ3n) is 2.45. The average Bonchev–Trinajstić information content (AvgIpc) is 2.87. The van der Waals surface area contributed by atoms with E-state index >= 15 is 0 Å². The number of aromatic nitrogens is 2. The molecule has 18 heavy (non-hydrogen) atoms. The Balaban J connectivity index is 2.31. The molecule has 0 amide bonds. The van der Waals surface area contributed by atoms with Gasteiger partial charge in [0.15, 0.2) is 5.76 Å². The molecule has 2 rings (SSSR count). The fourth-order valence-corrected chi connectivity index (χ4v) is 2.05. The number of rotatable bonds is 5. The number of furan rings is 1. The van der Waals surface area contributed by atoms with Gasteiger partial charge in [0.05, 0.1) is 10.7 Å². The first-order valence-electron chi connectivity index (χ1n) is 5.83. The molecule has 2 aromatic heterocycles. The maximum atomic E-state index is 5.71. The highest BCUT2D eigenvalue weighted by molar-refractivity contribution is 9.10. The smallest absolute Gasteiger partial charge is 0.222 e. The Hall–Kier alpha value is -1.56.